The number of benzene rings is 1. The highest BCUT2D eigenvalue weighted by Crippen LogP contribution is 2.24. The van der Waals surface area contributed by atoms with E-state index in [9.17, 15) is 4.79 Å². The third-order valence-electron chi connectivity index (χ3n) is 4.57. The number of ether oxygens (including phenoxy) is 1. The number of hydrogen-bond donors (Lipinski definition) is 1. The monoisotopic (exact) mass is 339 g/mol. The Kier molecular flexibility index (Phi) is 5.88. The van der Waals surface area contributed by atoms with Crippen LogP contribution in [-0.4, -0.2) is 37.1 Å². The molecule has 1 N–H and O–H groups in total. The maximum Gasteiger partial charge on any atom is 0.220 e. The summed E-state index contributed by atoms with van der Waals surface area (Å²) in [5, 5.41) is 3.19. The minimum atomic E-state index is 0.112. The second-order valence-corrected chi connectivity index (χ2v) is 6.42. The van der Waals surface area contributed by atoms with Gasteiger partial charge in [-0.25, -0.2) is 0 Å². The van der Waals surface area contributed by atoms with Crippen LogP contribution in [0.15, 0.2) is 48.8 Å². The molecule has 25 heavy (non-hydrogen) atoms. The highest BCUT2D eigenvalue weighted by atomic mass is 16.5. The SMILES string of the molecule is COc1cccc(N2CCCC(NC(=O)CCc3cccnc3)C2)c1. The van der Waals surface area contributed by atoms with Gasteiger partial charge in [0.2, 0.25) is 5.91 Å². The number of nitrogens with one attached hydrogen (secondary N) is 1. The number of pyridine rings is 1. The highest BCUT2D eigenvalue weighted by Gasteiger charge is 2.21. The minimum absolute atomic E-state index is 0.112. The fourth-order valence-electron chi connectivity index (χ4n) is 3.24. The summed E-state index contributed by atoms with van der Waals surface area (Å²) >= 11 is 0. The fraction of sp³-hybridized carbons (Fsp3) is 0.400. The quantitative estimate of drug-likeness (QED) is 0.879. The molecule has 1 aliphatic heterocycles. The summed E-state index contributed by atoms with van der Waals surface area (Å²) in [6, 6.07) is 12.2. The molecule has 0 radical (unpaired) electrons. The Bertz CT molecular complexity index is 690. The summed E-state index contributed by atoms with van der Waals surface area (Å²) < 4.78 is 5.31. The van der Waals surface area contributed by atoms with E-state index in [4.69, 9.17) is 4.74 Å². The van der Waals surface area contributed by atoms with Gasteiger partial charge in [0, 0.05) is 49.7 Å². The van der Waals surface area contributed by atoms with Gasteiger partial charge in [-0.3, -0.25) is 9.78 Å². The lowest BCUT2D eigenvalue weighted by Crippen LogP contribution is -2.47. The number of aromatic nitrogens is 1. The van der Waals surface area contributed by atoms with Crippen molar-refractivity contribution in [3.8, 4) is 5.75 Å². The molecule has 1 unspecified atom stereocenters. The van der Waals surface area contributed by atoms with Gasteiger partial charge in [0.05, 0.1) is 7.11 Å². The average molecular weight is 339 g/mol. The zero-order chi connectivity index (χ0) is 17.5. The van der Waals surface area contributed by atoms with Gasteiger partial charge in [0.1, 0.15) is 5.75 Å². The zero-order valence-corrected chi connectivity index (χ0v) is 14.6. The van der Waals surface area contributed by atoms with Gasteiger partial charge in [-0.1, -0.05) is 12.1 Å². The van der Waals surface area contributed by atoms with Crippen LogP contribution in [-0.2, 0) is 11.2 Å². The van der Waals surface area contributed by atoms with Crippen molar-refractivity contribution in [2.24, 2.45) is 0 Å². The Hall–Kier alpha value is -2.56. The molecule has 132 valence electrons. The predicted molar refractivity (Wildman–Crippen MR) is 98.9 cm³/mol. The van der Waals surface area contributed by atoms with Crippen molar-refractivity contribution in [1.82, 2.24) is 10.3 Å². The number of rotatable bonds is 6. The van der Waals surface area contributed by atoms with Crippen LogP contribution in [0, 0.1) is 0 Å². The van der Waals surface area contributed by atoms with E-state index in [0.29, 0.717) is 6.42 Å². The number of nitrogens with zero attached hydrogens (tertiary/aromatic N) is 2. The van der Waals surface area contributed by atoms with Crippen LogP contribution in [0.2, 0.25) is 0 Å². The maximum absolute atomic E-state index is 12.3. The Morgan fingerprint density at radius 3 is 3.08 bits per heavy atom. The first kappa shape index (κ1) is 17.3. The first-order valence-corrected chi connectivity index (χ1v) is 8.82. The fourth-order valence-corrected chi connectivity index (χ4v) is 3.24. The van der Waals surface area contributed by atoms with Gasteiger partial charge in [-0.15, -0.1) is 0 Å². The Labute approximate surface area is 149 Å². The third-order valence-corrected chi connectivity index (χ3v) is 4.57. The number of anilines is 1. The van der Waals surface area contributed by atoms with Crippen molar-refractivity contribution in [3.63, 3.8) is 0 Å². The summed E-state index contributed by atoms with van der Waals surface area (Å²) in [5.41, 5.74) is 2.24. The maximum atomic E-state index is 12.3. The summed E-state index contributed by atoms with van der Waals surface area (Å²) in [7, 11) is 1.68. The van der Waals surface area contributed by atoms with Crippen molar-refractivity contribution in [2.75, 3.05) is 25.1 Å². The average Bonchev–Trinajstić information content (AvgIpc) is 2.67. The van der Waals surface area contributed by atoms with E-state index in [1.165, 1.54) is 0 Å². The molecule has 1 saturated heterocycles. The van der Waals surface area contributed by atoms with Crippen LogP contribution in [0.25, 0.3) is 0 Å². The molecule has 2 heterocycles. The second-order valence-electron chi connectivity index (χ2n) is 6.42. The molecular weight excluding hydrogens is 314 g/mol. The Morgan fingerprint density at radius 2 is 2.28 bits per heavy atom. The van der Waals surface area contributed by atoms with Crippen molar-refractivity contribution in [1.29, 1.82) is 0 Å². The molecule has 1 aliphatic rings. The molecule has 0 spiro atoms. The lowest BCUT2D eigenvalue weighted by Gasteiger charge is -2.35. The highest BCUT2D eigenvalue weighted by molar-refractivity contribution is 5.76. The molecule has 1 aromatic heterocycles. The van der Waals surface area contributed by atoms with Crippen molar-refractivity contribution in [2.45, 2.75) is 31.7 Å². The van der Waals surface area contributed by atoms with Gasteiger partial charge in [-0.2, -0.15) is 0 Å². The van der Waals surface area contributed by atoms with Crippen molar-refractivity contribution < 1.29 is 9.53 Å². The molecule has 0 bridgehead atoms. The number of carbonyl (C=O) groups excluding carboxylic acids is 1. The van der Waals surface area contributed by atoms with Gasteiger partial charge < -0.3 is 15.0 Å². The van der Waals surface area contributed by atoms with Crippen LogP contribution in [0.1, 0.15) is 24.8 Å². The van der Waals surface area contributed by atoms with Gasteiger partial charge >= 0.3 is 0 Å². The van der Waals surface area contributed by atoms with E-state index in [-0.39, 0.29) is 11.9 Å². The van der Waals surface area contributed by atoms with E-state index in [1.807, 2.05) is 36.5 Å². The third kappa shape index (κ3) is 4.95. The Balaban J connectivity index is 1.51. The number of aryl methyl sites for hydroxylation is 1. The summed E-state index contributed by atoms with van der Waals surface area (Å²) in [6.45, 7) is 1.85. The van der Waals surface area contributed by atoms with E-state index >= 15 is 0 Å². The lowest BCUT2D eigenvalue weighted by atomic mass is 10.0. The minimum Gasteiger partial charge on any atom is -0.497 e. The predicted octanol–water partition coefficient (Wildman–Crippen LogP) is 2.81. The van der Waals surface area contributed by atoms with Crippen LogP contribution in [0.4, 0.5) is 5.69 Å². The number of hydrogen-bond acceptors (Lipinski definition) is 4. The van der Waals surface area contributed by atoms with E-state index in [1.54, 1.807) is 13.3 Å². The smallest absolute Gasteiger partial charge is 0.220 e. The van der Waals surface area contributed by atoms with Crippen molar-refractivity contribution in [3.05, 3.63) is 54.4 Å². The second kappa shape index (κ2) is 8.51. The molecular formula is C20H25N3O2. The molecule has 1 atom stereocenters. The first-order valence-electron chi connectivity index (χ1n) is 8.82. The molecule has 5 nitrogen and oxygen atoms in total. The number of carbonyl (C=O) groups is 1. The molecule has 5 heteroatoms. The summed E-state index contributed by atoms with van der Waals surface area (Å²) in [5.74, 6) is 0.974. The topological polar surface area (TPSA) is 54.5 Å². The van der Waals surface area contributed by atoms with Crippen LogP contribution >= 0.6 is 0 Å². The lowest BCUT2D eigenvalue weighted by molar-refractivity contribution is -0.121. The van der Waals surface area contributed by atoms with E-state index in [0.717, 1.165) is 49.4 Å². The standard InChI is InChI=1S/C20H25N3O2/c1-25-19-8-2-7-18(13-19)23-12-4-6-17(15-23)22-20(24)10-9-16-5-3-11-21-14-16/h2-3,5,7-8,11,13-14,17H,4,6,9-10,12,15H2,1H3,(H,22,24). The molecule has 2 aromatic rings. The normalized spacial score (nSPS) is 17.2. The summed E-state index contributed by atoms with van der Waals surface area (Å²) in [6.07, 6.45) is 6.90. The van der Waals surface area contributed by atoms with Gasteiger partial charge in [0.25, 0.3) is 0 Å². The van der Waals surface area contributed by atoms with Gasteiger partial charge in [0.15, 0.2) is 0 Å². The number of amides is 1. The molecule has 3 rings (SSSR count). The van der Waals surface area contributed by atoms with E-state index in [2.05, 4.69) is 21.3 Å². The number of methoxy groups -OCH3 is 1. The van der Waals surface area contributed by atoms with E-state index < -0.39 is 0 Å². The molecule has 1 aromatic carbocycles. The van der Waals surface area contributed by atoms with Crippen LogP contribution in [0.5, 0.6) is 5.75 Å². The molecule has 1 amide bonds. The molecule has 1 fully saturated rings. The van der Waals surface area contributed by atoms with Crippen LogP contribution < -0.4 is 15.0 Å². The first-order chi connectivity index (χ1) is 12.2. The number of piperidine rings is 1. The molecule has 0 aliphatic carbocycles. The van der Waals surface area contributed by atoms with Gasteiger partial charge in [-0.05, 0) is 43.0 Å². The largest absolute Gasteiger partial charge is 0.497 e. The van der Waals surface area contributed by atoms with Crippen molar-refractivity contribution >= 4 is 11.6 Å². The summed E-state index contributed by atoms with van der Waals surface area (Å²) in [4.78, 5) is 18.7. The Morgan fingerprint density at radius 1 is 1.36 bits per heavy atom. The molecule has 0 saturated carbocycles. The van der Waals surface area contributed by atoms with Crippen LogP contribution in [0.3, 0.4) is 0 Å². The zero-order valence-electron chi connectivity index (χ0n) is 14.6.